The molecule has 1 heterocycles. The largest absolute Gasteiger partial charge is 0.496 e. The van der Waals surface area contributed by atoms with Gasteiger partial charge in [0, 0.05) is 16.5 Å². The highest BCUT2D eigenvalue weighted by Crippen LogP contribution is 2.35. The van der Waals surface area contributed by atoms with Gasteiger partial charge >= 0.3 is 0 Å². The normalized spacial score (nSPS) is 11.1. The maximum absolute atomic E-state index is 8.99. The molecule has 5 heteroatoms. The van der Waals surface area contributed by atoms with Crippen LogP contribution in [0.25, 0.3) is 33.4 Å². The van der Waals surface area contributed by atoms with Crippen molar-refractivity contribution in [1.82, 2.24) is 9.97 Å². The molecular weight excluding hydrogens is 340 g/mol. The van der Waals surface area contributed by atoms with E-state index in [-0.39, 0.29) is 6.61 Å². The zero-order valence-electron chi connectivity index (χ0n) is 15.2. The van der Waals surface area contributed by atoms with Crippen LogP contribution in [0.4, 0.5) is 0 Å². The molecule has 0 saturated heterocycles. The van der Waals surface area contributed by atoms with Crippen molar-refractivity contribution in [3.63, 3.8) is 0 Å². The van der Waals surface area contributed by atoms with Crippen molar-refractivity contribution < 1.29 is 14.9 Å². The Morgan fingerprint density at radius 1 is 0.963 bits per heavy atom. The molecule has 3 aromatic carbocycles. The first-order chi connectivity index (χ1) is 13.2. The number of hydrogen-bond donors (Lipinski definition) is 2. The predicted molar refractivity (Wildman–Crippen MR) is 106 cm³/mol. The van der Waals surface area contributed by atoms with Crippen LogP contribution in [0.3, 0.4) is 0 Å². The minimum absolute atomic E-state index is 0.0320. The number of aromatic amines is 1. The highest BCUT2D eigenvalue weighted by molar-refractivity contribution is 5.99. The van der Waals surface area contributed by atoms with Crippen LogP contribution < -0.4 is 4.74 Å². The summed E-state index contributed by atoms with van der Waals surface area (Å²) in [6.45, 7) is 2.07. The van der Waals surface area contributed by atoms with E-state index in [1.807, 2.05) is 67.6 Å². The van der Waals surface area contributed by atoms with Crippen LogP contribution in [0, 0.1) is 6.92 Å². The Morgan fingerprint density at radius 2 is 1.70 bits per heavy atom. The van der Waals surface area contributed by atoms with E-state index in [1.165, 1.54) is 5.56 Å². The number of nitrogens with zero attached hydrogens (tertiary/aromatic N) is 1. The number of ether oxygens (including phenoxy) is 1. The van der Waals surface area contributed by atoms with E-state index in [1.54, 1.807) is 7.11 Å². The molecule has 0 bridgehead atoms. The molecule has 1 aromatic heterocycles. The summed E-state index contributed by atoms with van der Waals surface area (Å²) in [6, 6.07) is 20.1. The average molecular weight is 360 g/mol. The van der Waals surface area contributed by atoms with Gasteiger partial charge in [0.05, 0.1) is 18.5 Å². The molecule has 4 aromatic rings. The summed E-state index contributed by atoms with van der Waals surface area (Å²) >= 11 is 0. The molecule has 5 nitrogen and oxygen atoms in total. The van der Waals surface area contributed by atoms with Crippen LogP contribution in [0.5, 0.6) is 5.75 Å². The van der Waals surface area contributed by atoms with Crippen LogP contribution in [0.2, 0.25) is 0 Å². The number of imidazole rings is 1. The summed E-state index contributed by atoms with van der Waals surface area (Å²) in [5, 5.41) is 11.0. The Labute approximate surface area is 157 Å². The number of benzene rings is 3. The highest BCUT2D eigenvalue weighted by Gasteiger charge is 2.16. The summed E-state index contributed by atoms with van der Waals surface area (Å²) < 4.78 is 5.48. The van der Waals surface area contributed by atoms with Gasteiger partial charge in [0.2, 0.25) is 0 Å². The molecule has 0 spiro atoms. The van der Waals surface area contributed by atoms with Gasteiger partial charge in [-0.2, -0.15) is 0 Å². The number of rotatable bonds is 5. The first-order valence-corrected chi connectivity index (χ1v) is 8.69. The van der Waals surface area contributed by atoms with Crippen LogP contribution in [-0.2, 0) is 11.5 Å². The molecule has 0 radical (unpaired) electrons. The Balaban J connectivity index is 1.89. The minimum atomic E-state index is 0.0320. The van der Waals surface area contributed by atoms with Crippen molar-refractivity contribution in [3.05, 3.63) is 71.9 Å². The Kier molecular flexibility index (Phi) is 4.62. The number of hydrogen-bond acceptors (Lipinski definition) is 4. The van der Waals surface area contributed by atoms with Crippen molar-refractivity contribution in [2.75, 3.05) is 7.11 Å². The fraction of sp³-hybridized carbons (Fsp3) is 0.136. The van der Waals surface area contributed by atoms with E-state index >= 15 is 0 Å². The number of methoxy groups -OCH3 is 1. The molecule has 0 unspecified atom stereocenters. The molecule has 0 aliphatic carbocycles. The molecule has 0 atom stereocenters. The van der Waals surface area contributed by atoms with Crippen LogP contribution in [0.15, 0.2) is 60.7 Å². The fourth-order valence-electron chi connectivity index (χ4n) is 3.31. The van der Waals surface area contributed by atoms with Gasteiger partial charge in [-0.15, -0.1) is 0 Å². The molecule has 0 aliphatic rings. The second-order valence-corrected chi connectivity index (χ2v) is 6.41. The quantitative estimate of drug-likeness (QED) is 0.379. The van der Waals surface area contributed by atoms with Crippen molar-refractivity contribution in [1.29, 1.82) is 0 Å². The number of H-pyrrole nitrogens is 1. The first-order valence-electron chi connectivity index (χ1n) is 8.69. The number of aryl methyl sites for hydroxylation is 1. The van der Waals surface area contributed by atoms with Gasteiger partial charge in [0.25, 0.3) is 0 Å². The molecule has 4 rings (SSSR count). The average Bonchev–Trinajstić information content (AvgIpc) is 3.11. The second kappa shape index (κ2) is 7.23. The lowest BCUT2D eigenvalue weighted by Gasteiger charge is -2.08. The van der Waals surface area contributed by atoms with Crippen molar-refractivity contribution >= 4 is 10.8 Å². The maximum Gasteiger partial charge on any atom is 0.138 e. The van der Waals surface area contributed by atoms with E-state index < -0.39 is 0 Å². The maximum atomic E-state index is 8.99. The molecule has 0 amide bonds. The van der Waals surface area contributed by atoms with E-state index in [0.29, 0.717) is 0 Å². The lowest BCUT2D eigenvalue weighted by Crippen LogP contribution is -1.92. The van der Waals surface area contributed by atoms with E-state index in [9.17, 15) is 0 Å². The highest BCUT2D eigenvalue weighted by atomic mass is 17.1. The zero-order chi connectivity index (χ0) is 18.8. The topological polar surface area (TPSA) is 67.4 Å². The van der Waals surface area contributed by atoms with Gasteiger partial charge in [-0.25, -0.2) is 9.87 Å². The lowest BCUT2D eigenvalue weighted by molar-refractivity contribution is -0.253. The third-order valence-corrected chi connectivity index (χ3v) is 4.67. The Hall–Kier alpha value is -3.15. The van der Waals surface area contributed by atoms with Crippen molar-refractivity contribution in [2.45, 2.75) is 13.5 Å². The standard InChI is InChI=1S/C22H20N2O3/c1-14-7-9-15(10-8-14)21-19(13-27-25)23-22(24-21)18-11-12-20(26-2)17-6-4-3-5-16(17)18/h3-12,25H,13H2,1-2H3,(H,23,24). The summed E-state index contributed by atoms with van der Waals surface area (Å²) in [6.07, 6.45) is 0. The molecule has 136 valence electrons. The van der Waals surface area contributed by atoms with Gasteiger partial charge in [-0.05, 0) is 24.4 Å². The molecular formula is C22H20N2O3. The van der Waals surface area contributed by atoms with Gasteiger partial charge in [-0.3, -0.25) is 5.26 Å². The molecule has 0 saturated carbocycles. The number of fused-ring (bicyclic) bond motifs is 1. The second-order valence-electron chi connectivity index (χ2n) is 6.41. The van der Waals surface area contributed by atoms with Gasteiger partial charge in [-0.1, -0.05) is 54.1 Å². The van der Waals surface area contributed by atoms with Crippen LogP contribution in [-0.4, -0.2) is 22.3 Å². The number of nitrogens with one attached hydrogen (secondary N) is 1. The minimum Gasteiger partial charge on any atom is -0.496 e. The zero-order valence-corrected chi connectivity index (χ0v) is 15.2. The van der Waals surface area contributed by atoms with E-state index in [4.69, 9.17) is 15.0 Å². The third-order valence-electron chi connectivity index (χ3n) is 4.67. The van der Waals surface area contributed by atoms with E-state index in [0.717, 1.165) is 44.9 Å². The lowest BCUT2D eigenvalue weighted by atomic mass is 10.0. The van der Waals surface area contributed by atoms with Gasteiger partial charge in [0.15, 0.2) is 0 Å². The van der Waals surface area contributed by atoms with E-state index in [2.05, 4.69) is 9.87 Å². The monoisotopic (exact) mass is 360 g/mol. The Bertz CT molecular complexity index is 1080. The summed E-state index contributed by atoms with van der Waals surface area (Å²) in [4.78, 5) is 12.5. The summed E-state index contributed by atoms with van der Waals surface area (Å²) in [7, 11) is 1.67. The summed E-state index contributed by atoms with van der Waals surface area (Å²) in [5.74, 6) is 1.54. The van der Waals surface area contributed by atoms with Crippen LogP contribution >= 0.6 is 0 Å². The molecule has 0 fully saturated rings. The van der Waals surface area contributed by atoms with Crippen molar-refractivity contribution in [2.24, 2.45) is 0 Å². The van der Waals surface area contributed by atoms with Gasteiger partial charge in [0.1, 0.15) is 18.2 Å². The summed E-state index contributed by atoms with van der Waals surface area (Å²) in [5.41, 5.74) is 4.59. The molecule has 0 aliphatic heterocycles. The molecule has 27 heavy (non-hydrogen) atoms. The smallest absolute Gasteiger partial charge is 0.138 e. The molecule has 2 N–H and O–H groups in total. The SMILES string of the molecule is COc1ccc(-c2nc(-c3ccc(C)cc3)c(COO)[nH]2)c2ccccc12. The first kappa shape index (κ1) is 17.3. The van der Waals surface area contributed by atoms with Crippen LogP contribution in [0.1, 0.15) is 11.3 Å². The van der Waals surface area contributed by atoms with Crippen molar-refractivity contribution in [3.8, 4) is 28.4 Å². The fourth-order valence-corrected chi connectivity index (χ4v) is 3.31. The number of aromatic nitrogens is 2. The Morgan fingerprint density at radius 3 is 2.41 bits per heavy atom. The van der Waals surface area contributed by atoms with Gasteiger partial charge < -0.3 is 9.72 Å². The predicted octanol–water partition coefficient (Wildman–Crippen LogP) is 5.20. The third kappa shape index (κ3) is 3.18.